The van der Waals surface area contributed by atoms with Gasteiger partial charge in [-0.05, 0) is 49.6 Å². The molecule has 1 aromatic carbocycles. The van der Waals surface area contributed by atoms with E-state index in [0.29, 0.717) is 0 Å². The van der Waals surface area contributed by atoms with E-state index < -0.39 is 28.7 Å². The van der Waals surface area contributed by atoms with Gasteiger partial charge >= 0.3 is 6.18 Å². The second-order valence-electron chi connectivity index (χ2n) is 4.27. The van der Waals surface area contributed by atoms with Gasteiger partial charge in [-0.25, -0.2) is 0 Å². The molecular formula is C14H3Br2F3N4. The molecule has 1 N–H and O–H groups in total. The molecule has 2 rings (SSSR count). The van der Waals surface area contributed by atoms with Crippen molar-refractivity contribution in [3.05, 3.63) is 43.6 Å². The van der Waals surface area contributed by atoms with Crippen molar-refractivity contribution in [3.63, 3.8) is 0 Å². The number of alkyl halides is 3. The Bertz CT molecular complexity index is 901. The second-order valence-corrected chi connectivity index (χ2v) is 5.98. The third-order valence-corrected chi connectivity index (χ3v) is 4.20. The molecule has 0 bridgehead atoms. The summed E-state index contributed by atoms with van der Waals surface area (Å²) in [7, 11) is 0. The highest BCUT2D eigenvalue weighted by Crippen LogP contribution is 2.42. The lowest BCUT2D eigenvalue weighted by Crippen LogP contribution is -2.07. The minimum atomic E-state index is -4.77. The number of aromatic amines is 1. The maximum Gasteiger partial charge on any atom is 0.431 e. The van der Waals surface area contributed by atoms with Gasteiger partial charge in [0.05, 0.1) is 11.1 Å². The van der Waals surface area contributed by atoms with Gasteiger partial charge in [0.15, 0.2) is 0 Å². The number of nitriles is 3. The SMILES string of the molecule is N#Cc1[nH]c(C(F)(F)F)c(-c2cc(Br)c(C#N)c(Br)c2)c1C#N. The summed E-state index contributed by atoms with van der Waals surface area (Å²) < 4.78 is 40.2. The van der Waals surface area contributed by atoms with Crippen LogP contribution in [-0.2, 0) is 6.18 Å². The molecule has 0 radical (unpaired) electrons. The molecule has 0 atom stereocenters. The maximum absolute atomic E-state index is 13.2. The van der Waals surface area contributed by atoms with Crippen LogP contribution >= 0.6 is 31.9 Å². The van der Waals surface area contributed by atoms with E-state index in [1.807, 2.05) is 11.1 Å². The van der Waals surface area contributed by atoms with E-state index in [0.717, 1.165) is 0 Å². The first kappa shape index (κ1) is 17.1. The molecule has 2 aromatic rings. The first-order valence-electron chi connectivity index (χ1n) is 5.77. The lowest BCUT2D eigenvalue weighted by atomic mass is 9.99. The number of hydrogen-bond donors (Lipinski definition) is 1. The van der Waals surface area contributed by atoms with Crippen LogP contribution in [0.1, 0.15) is 22.5 Å². The molecule has 0 saturated heterocycles. The van der Waals surface area contributed by atoms with Crippen LogP contribution in [0.15, 0.2) is 21.1 Å². The molecule has 23 heavy (non-hydrogen) atoms. The number of H-pyrrole nitrogens is 1. The van der Waals surface area contributed by atoms with Crippen LogP contribution in [0.25, 0.3) is 11.1 Å². The van der Waals surface area contributed by atoms with Crippen molar-refractivity contribution < 1.29 is 13.2 Å². The first-order chi connectivity index (χ1) is 10.7. The van der Waals surface area contributed by atoms with Gasteiger partial charge in [0, 0.05) is 14.5 Å². The van der Waals surface area contributed by atoms with Gasteiger partial charge in [-0.1, -0.05) is 0 Å². The zero-order valence-corrected chi connectivity index (χ0v) is 14.1. The van der Waals surface area contributed by atoms with Crippen LogP contribution in [0.5, 0.6) is 0 Å². The minimum absolute atomic E-state index is 0.0457. The normalized spacial score (nSPS) is 10.7. The fourth-order valence-corrected chi connectivity index (χ4v) is 3.38. The van der Waals surface area contributed by atoms with Crippen LogP contribution in [0, 0.1) is 34.0 Å². The molecule has 9 heteroatoms. The predicted molar refractivity (Wildman–Crippen MR) is 80.8 cm³/mol. The zero-order valence-electron chi connectivity index (χ0n) is 10.9. The monoisotopic (exact) mass is 442 g/mol. The molecule has 0 fully saturated rings. The van der Waals surface area contributed by atoms with Crippen molar-refractivity contribution >= 4 is 31.9 Å². The van der Waals surface area contributed by atoms with Gasteiger partial charge in [-0.15, -0.1) is 0 Å². The number of nitrogens with one attached hydrogen (secondary N) is 1. The van der Waals surface area contributed by atoms with Gasteiger partial charge in [0.1, 0.15) is 29.6 Å². The van der Waals surface area contributed by atoms with Gasteiger partial charge in [0.2, 0.25) is 0 Å². The van der Waals surface area contributed by atoms with Crippen molar-refractivity contribution in [1.29, 1.82) is 15.8 Å². The summed E-state index contributed by atoms with van der Waals surface area (Å²) in [6.45, 7) is 0. The smallest absolute Gasteiger partial charge is 0.341 e. The molecule has 0 aliphatic heterocycles. The highest BCUT2D eigenvalue weighted by molar-refractivity contribution is 9.11. The van der Waals surface area contributed by atoms with E-state index in [2.05, 4.69) is 31.9 Å². The minimum Gasteiger partial charge on any atom is -0.341 e. The van der Waals surface area contributed by atoms with Gasteiger partial charge < -0.3 is 4.98 Å². The van der Waals surface area contributed by atoms with Crippen LogP contribution in [-0.4, -0.2) is 4.98 Å². The quantitative estimate of drug-likeness (QED) is 0.683. The highest BCUT2D eigenvalue weighted by atomic mass is 79.9. The van der Waals surface area contributed by atoms with Crippen LogP contribution in [0.3, 0.4) is 0 Å². The molecule has 0 aliphatic rings. The van der Waals surface area contributed by atoms with E-state index in [4.69, 9.17) is 15.8 Å². The number of benzene rings is 1. The average Bonchev–Trinajstić information content (AvgIpc) is 2.85. The Hall–Kier alpha value is -2.28. The summed E-state index contributed by atoms with van der Waals surface area (Å²) >= 11 is 6.22. The number of nitrogens with zero attached hydrogens (tertiary/aromatic N) is 3. The highest BCUT2D eigenvalue weighted by Gasteiger charge is 2.38. The average molecular weight is 444 g/mol. The lowest BCUT2D eigenvalue weighted by Gasteiger charge is -2.10. The van der Waals surface area contributed by atoms with Gasteiger partial charge in [-0.2, -0.15) is 29.0 Å². The summed E-state index contributed by atoms with van der Waals surface area (Å²) in [5.74, 6) is 0. The third kappa shape index (κ3) is 2.96. The summed E-state index contributed by atoms with van der Waals surface area (Å²) in [5, 5.41) is 27.1. The van der Waals surface area contributed by atoms with E-state index >= 15 is 0 Å². The van der Waals surface area contributed by atoms with Crippen LogP contribution < -0.4 is 0 Å². The summed E-state index contributed by atoms with van der Waals surface area (Å²) in [6.07, 6.45) is -4.77. The van der Waals surface area contributed by atoms with E-state index in [-0.39, 0.29) is 20.1 Å². The van der Waals surface area contributed by atoms with Crippen LogP contribution in [0.4, 0.5) is 13.2 Å². The largest absolute Gasteiger partial charge is 0.431 e. The zero-order chi connectivity index (χ0) is 17.4. The Morgan fingerprint density at radius 1 is 0.913 bits per heavy atom. The van der Waals surface area contributed by atoms with Crippen molar-refractivity contribution in [2.75, 3.05) is 0 Å². The molecule has 0 saturated carbocycles. The molecule has 114 valence electrons. The molecule has 0 spiro atoms. The summed E-state index contributed by atoms with van der Waals surface area (Å²) in [5.41, 5.74) is -2.23. The molecule has 4 nitrogen and oxygen atoms in total. The fourth-order valence-electron chi connectivity index (χ4n) is 2.02. The van der Waals surface area contributed by atoms with E-state index in [1.165, 1.54) is 12.1 Å². The Balaban J connectivity index is 2.89. The van der Waals surface area contributed by atoms with E-state index in [1.54, 1.807) is 12.1 Å². The molecule has 0 amide bonds. The number of aromatic nitrogens is 1. The van der Waals surface area contributed by atoms with Crippen molar-refractivity contribution in [2.45, 2.75) is 6.18 Å². The molecular weight excluding hydrogens is 441 g/mol. The summed E-state index contributed by atoms with van der Waals surface area (Å²) in [6, 6.07) is 7.65. The van der Waals surface area contributed by atoms with Crippen molar-refractivity contribution in [2.24, 2.45) is 0 Å². The van der Waals surface area contributed by atoms with Gasteiger partial charge in [-0.3, -0.25) is 0 Å². The maximum atomic E-state index is 13.2. The first-order valence-corrected chi connectivity index (χ1v) is 7.36. The number of rotatable bonds is 1. The standard InChI is InChI=1S/C14H3Br2F3N4/c15-9-1-6(2-10(16)7(9)3-20)12-8(4-21)11(5-22)23-13(12)14(17,18)19/h1-2,23H. The Labute approximate surface area is 145 Å². The topological polar surface area (TPSA) is 87.2 Å². The predicted octanol–water partition coefficient (Wildman–Crippen LogP) is 4.84. The number of hydrogen-bond acceptors (Lipinski definition) is 3. The Morgan fingerprint density at radius 3 is 1.83 bits per heavy atom. The molecule has 1 heterocycles. The van der Waals surface area contributed by atoms with E-state index in [9.17, 15) is 13.2 Å². The van der Waals surface area contributed by atoms with Crippen LogP contribution in [0.2, 0.25) is 0 Å². The Kier molecular flexibility index (Phi) is 4.51. The van der Waals surface area contributed by atoms with Gasteiger partial charge in [0.25, 0.3) is 0 Å². The molecule has 0 unspecified atom stereocenters. The molecule has 0 aliphatic carbocycles. The third-order valence-electron chi connectivity index (χ3n) is 2.95. The Morgan fingerprint density at radius 2 is 1.43 bits per heavy atom. The fraction of sp³-hybridized carbons (Fsp3) is 0.0714. The second kappa shape index (κ2) is 6.08. The molecule has 1 aromatic heterocycles. The summed E-state index contributed by atoms with van der Waals surface area (Å²) in [4.78, 5) is 1.95. The van der Waals surface area contributed by atoms with Crippen molar-refractivity contribution in [1.82, 2.24) is 4.98 Å². The number of halogens is 5. The van der Waals surface area contributed by atoms with Crippen molar-refractivity contribution in [3.8, 4) is 29.3 Å². The lowest BCUT2D eigenvalue weighted by molar-refractivity contribution is -0.140.